The summed E-state index contributed by atoms with van der Waals surface area (Å²) in [5, 5.41) is 0.751. The molecule has 1 aromatic heterocycles. The van der Waals surface area contributed by atoms with E-state index in [1.807, 2.05) is 25.3 Å². The van der Waals surface area contributed by atoms with E-state index in [2.05, 4.69) is 27.0 Å². The Morgan fingerprint density at radius 1 is 1.33 bits per heavy atom. The molecule has 1 aliphatic heterocycles. The number of anilines is 2. The number of hydrogen-bond donors (Lipinski definition) is 1. The van der Waals surface area contributed by atoms with E-state index < -0.39 is 0 Å². The summed E-state index contributed by atoms with van der Waals surface area (Å²) in [7, 11) is 0. The van der Waals surface area contributed by atoms with E-state index in [0.29, 0.717) is 6.61 Å². The molecule has 24 heavy (non-hydrogen) atoms. The fraction of sp³-hybridized carbons (Fsp3) is 0.412. The normalized spacial score (nSPS) is 18.5. The van der Waals surface area contributed by atoms with Gasteiger partial charge in [0.05, 0.1) is 12.6 Å². The van der Waals surface area contributed by atoms with Crippen LogP contribution < -0.4 is 10.6 Å². The molecule has 1 saturated heterocycles. The zero-order chi connectivity index (χ0) is 17.1. The second kappa shape index (κ2) is 7.59. The van der Waals surface area contributed by atoms with Crippen molar-refractivity contribution in [3.63, 3.8) is 0 Å². The SMILES string of the molecule is CSc1ccc(C2COCCCN2c2cc(C)nc(N)n2)c(Cl)c1. The van der Waals surface area contributed by atoms with Gasteiger partial charge in [-0.15, -0.1) is 11.8 Å². The number of nitrogen functional groups attached to an aromatic ring is 1. The third kappa shape index (κ3) is 3.77. The molecule has 0 bridgehead atoms. The highest BCUT2D eigenvalue weighted by Crippen LogP contribution is 2.34. The molecule has 2 heterocycles. The number of halogens is 1. The maximum Gasteiger partial charge on any atom is 0.222 e. The smallest absolute Gasteiger partial charge is 0.222 e. The molecule has 1 aromatic carbocycles. The first-order valence-electron chi connectivity index (χ1n) is 7.87. The van der Waals surface area contributed by atoms with Crippen LogP contribution in [0.15, 0.2) is 29.2 Å². The first kappa shape index (κ1) is 17.3. The lowest BCUT2D eigenvalue weighted by atomic mass is 10.1. The van der Waals surface area contributed by atoms with Crippen LogP contribution in [0.25, 0.3) is 0 Å². The zero-order valence-corrected chi connectivity index (χ0v) is 15.4. The van der Waals surface area contributed by atoms with Crippen molar-refractivity contribution in [1.82, 2.24) is 9.97 Å². The number of thioether (sulfide) groups is 1. The summed E-state index contributed by atoms with van der Waals surface area (Å²) >= 11 is 8.23. The van der Waals surface area contributed by atoms with Crippen LogP contribution in [0.4, 0.5) is 11.8 Å². The topological polar surface area (TPSA) is 64.3 Å². The average molecular weight is 365 g/mol. The van der Waals surface area contributed by atoms with Crippen molar-refractivity contribution in [2.24, 2.45) is 0 Å². The van der Waals surface area contributed by atoms with Gasteiger partial charge in [0.1, 0.15) is 5.82 Å². The fourth-order valence-corrected chi connectivity index (χ4v) is 3.75. The van der Waals surface area contributed by atoms with Crippen molar-refractivity contribution in [3.05, 3.63) is 40.5 Å². The van der Waals surface area contributed by atoms with Crippen LogP contribution in [0.1, 0.15) is 23.7 Å². The van der Waals surface area contributed by atoms with Crippen molar-refractivity contribution in [2.45, 2.75) is 24.3 Å². The van der Waals surface area contributed by atoms with Crippen LogP contribution in [-0.4, -0.2) is 36.0 Å². The number of ether oxygens (including phenoxy) is 1. The molecule has 1 atom stereocenters. The maximum absolute atomic E-state index is 6.56. The molecule has 0 amide bonds. The summed E-state index contributed by atoms with van der Waals surface area (Å²) in [6.45, 7) is 4.06. The van der Waals surface area contributed by atoms with Crippen LogP contribution >= 0.6 is 23.4 Å². The first-order valence-corrected chi connectivity index (χ1v) is 9.47. The van der Waals surface area contributed by atoms with Crippen molar-refractivity contribution >= 4 is 35.1 Å². The van der Waals surface area contributed by atoms with Gasteiger partial charge in [-0.1, -0.05) is 17.7 Å². The molecule has 1 aliphatic rings. The van der Waals surface area contributed by atoms with Crippen molar-refractivity contribution in [3.8, 4) is 0 Å². The number of hydrogen-bond acceptors (Lipinski definition) is 6. The van der Waals surface area contributed by atoms with Gasteiger partial charge in [0.15, 0.2) is 0 Å². The fourth-order valence-electron chi connectivity index (χ4n) is 2.94. The van der Waals surface area contributed by atoms with E-state index in [-0.39, 0.29) is 12.0 Å². The van der Waals surface area contributed by atoms with Gasteiger partial charge in [-0.3, -0.25) is 0 Å². The number of rotatable bonds is 3. The molecule has 128 valence electrons. The molecular weight excluding hydrogens is 344 g/mol. The van der Waals surface area contributed by atoms with Crippen molar-refractivity contribution < 1.29 is 4.74 Å². The highest BCUT2D eigenvalue weighted by molar-refractivity contribution is 7.98. The Labute approximate surface area is 151 Å². The summed E-state index contributed by atoms with van der Waals surface area (Å²) in [4.78, 5) is 12.0. The predicted octanol–water partition coefficient (Wildman–Crippen LogP) is 3.71. The number of aryl methyl sites for hydroxylation is 1. The maximum atomic E-state index is 6.56. The van der Waals surface area contributed by atoms with Gasteiger partial charge in [-0.05, 0) is 37.3 Å². The number of nitrogens with two attached hydrogens (primary N) is 1. The minimum atomic E-state index is 0.00426. The lowest BCUT2D eigenvalue weighted by Gasteiger charge is -2.31. The Balaban J connectivity index is 2.01. The summed E-state index contributed by atoms with van der Waals surface area (Å²) in [5.41, 5.74) is 7.75. The first-order chi connectivity index (χ1) is 11.6. The Bertz CT molecular complexity index is 707. The van der Waals surface area contributed by atoms with Crippen molar-refractivity contribution in [2.75, 3.05) is 36.6 Å². The minimum absolute atomic E-state index is 0.00426. The van der Waals surface area contributed by atoms with Crippen LogP contribution in [0.3, 0.4) is 0 Å². The highest BCUT2D eigenvalue weighted by atomic mass is 35.5. The Hall–Kier alpha value is -1.50. The molecule has 0 saturated carbocycles. The molecule has 2 aromatic rings. The van der Waals surface area contributed by atoms with Crippen LogP contribution in [-0.2, 0) is 4.74 Å². The molecule has 1 unspecified atom stereocenters. The summed E-state index contributed by atoms with van der Waals surface area (Å²) < 4.78 is 5.81. The van der Waals surface area contributed by atoms with Gasteiger partial charge in [-0.2, -0.15) is 4.98 Å². The third-order valence-corrected chi connectivity index (χ3v) is 5.11. The molecular formula is C17H21ClN4OS. The third-order valence-electron chi connectivity index (χ3n) is 4.06. The summed E-state index contributed by atoms with van der Waals surface area (Å²) in [6, 6.07) is 8.14. The van der Waals surface area contributed by atoms with Gasteiger partial charge in [-0.25, -0.2) is 4.98 Å². The van der Waals surface area contributed by atoms with Gasteiger partial charge in [0, 0.05) is 34.8 Å². The van der Waals surface area contributed by atoms with Crippen LogP contribution in [0, 0.1) is 6.92 Å². The second-order valence-electron chi connectivity index (χ2n) is 5.75. The van der Waals surface area contributed by atoms with E-state index >= 15 is 0 Å². The lowest BCUT2D eigenvalue weighted by molar-refractivity contribution is 0.134. The molecule has 2 N–H and O–H groups in total. The Kier molecular flexibility index (Phi) is 5.48. The van der Waals surface area contributed by atoms with E-state index in [0.717, 1.165) is 46.6 Å². The lowest BCUT2D eigenvalue weighted by Crippen LogP contribution is -2.32. The van der Waals surface area contributed by atoms with Gasteiger partial charge in [0.2, 0.25) is 5.95 Å². The molecule has 0 radical (unpaired) electrons. The number of benzene rings is 1. The summed E-state index contributed by atoms with van der Waals surface area (Å²) in [5.74, 6) is 1.11. The Morgan fingerprint density at radius 2 is 2.17 bits per heavy atom. The van der Waals surface area contributed by atoms with Gasteiger partial charge < -0.3 is 15.4 Å². The summed E-state index contributed by atoms with van der Waals surface area (Å²) in [6.07, 6.45) is 2.97. The monoisotopic (exact) mass is 364 g/mol. The molecule has 0 spiro atoms. The van der Waals surface area contributed by atoms with E-state index in [9.17, 15) is 0 Å². The predicted molar refractivity (Wildman–Crippen MR) is 99.9 cm³/mol. The minimum Gasteiger partial charge on any atom is -0.379 e. The average Bonchev–Trinajstić information content (AvgIpc) is 2.79. The van der Waals surface area contributed by atoms with Gasteiger partial charge >= 0.3 is 0 Å². The molecule has 3 rings (SSSR count). The standard InChI is InChI=1S/C17H21ClN4OS/c1-11-8-16(21-17(19)20-11)22-6-3-7-23-10-15(22)13-5-4-12(24-2)9-14(13)18/h4-5,8-9,15H,3,6-7,10H2,1-2H3,(H2,19,20,21). The van der Waals surface area contributed by atoms with Crippen LogP contribution in [0.2, 0.25) is 5.02 Å². The van der Waals surface area contributed by atoms with E-state index in [1.54, 1.807) is 11.8 Å². The molecule has 5 nitrogen and oxygen atoms in total. The van der Waals surface area contributed by atoms with Crippen LogP contribution in [0.5, 0.6) is 0 Å². The molecule has 0 aliphatic carbocycles. The van der Waals surface area contributed by atoms with E-state index in [4.69, 9.17) is 22.1 Å². The number of aromatic nitrogens is 2. The highest BCUT2D eigenvalue weighted by Gasteiger charge is 2.26. The zero-order valence-electron chi connectivity index (χ0n) is 13.8. The number of nitrogens with zero attached hydrogens (tertiary/aromatic N) is 3. The van der Waals surface area contributed by atoms with Gasteiger partial charge in [0.25, 0.3) is 0 Å². The second-order valence-corrected chi connectivity index (χ2v) is 7.04. The molecule has 1 fully saturated rings. The molecule has 7 heteroatoms. The van der Waals surface area contributed by atoms with Crippen molar-refractivity contribution in [1.29, 1.82) is 0 Å². The Morgan fingerprint density at radius 3 is 2.88 bits per heavy atom. The largest absolute Gasteiger partial charge is 0.379 e. The van der Waals surface area contributed by atoms with E-state index in [1.165, 1.54) is 0 Å². The quantitative estimate of drug-likeness (QED) is 0.837.